The Balaban J connectivity index is 3.18. The predicted octanol–water partition coefficient (Wildman–Crippen LogP) is 0.243. The molecule has 0 radical (unpaired) electrons. The van der Waals surface area contributed by atoms with Gasteiger partial charge in [0.1, 0.15) is 12.3 Å². The maximum absolute atomic E-state index is 11.8. The van der Waals surface area contributed by atoms with Gasteiger partial charge in [0.2, 0.25) is 10.0 Å². The number of hydrogen-bond donors (Lipinski definition) is 4. The van der Waals surface area contributed by atoms with Gasteiger partial charge in [-0.1, -0.05) is 0 Å². The summed E-state index contributed by atoms with van der Waals surface area (Å²) in [5, 5.41) is 8.46. The molecule has 118 valence electrons. The van der Waals surface area contributed by atoms with Gasteiger partial charge in [-0.25, -0.2) is 13.0 Å². The van der Waals surface area contributed by atoms with Gasteiger partial charge in [0.15, 0.2) is 0 Å². The van der Waals surface area contributed by atoms with E-state index in [4.69, 9.17) is 19.6 Å². The van der Waals surface area contributed by atoms with E-state index in [9.17, 15) is 17.8 Å². The van der Waals surface area contributed by atoms with E-state index in [2.05, 4.69) is 0 Å². The molecule has 0 atom stereocenters. The van der Waals surface area contributed by atoms with Crippen molar-refractivity contribution in [2.45, 2.75) is 9.79 Å². The van der Waals surface area contributed by atoms with Crippen LogP contribution in [0.15, 0.2) is 28.0 Å². The second kappa shape index (κ2) is 6.77. The zero-order chi connectivity index (χ0) is 16.3. The number of ether oxygens (including phenoxy) is 1. The number of rotatable bonds is 7. The summed E-state index contributed by atoms with van der Waals surface area (Å²) in [7, 11) is -2.85. The highest BCUT2D eigenvalue weighted by Crippen LogP contribution is 2.56. The molecule has 0 fully saturated rings. The second-order valence-electron chi connectivity index (χ2n) is 3.61. The van der Waals surface area contributed by atoms with Crippen molar-refractivity contribution < 1.29 is 37.4 Å². The Labute approximate surface area is 124 Å². The molecule has 0 spiro atoms. The molecule has 0 saturated heterocycles. The van der Waals surface area contributed by atoms with Crippen molar-refractivity contribution in [3.8, 4) is 5.75 Å². The van der Waals surface area contributed by atoms with Gasteiger partial charge in [-0.2, -0.15) is 4.72 Å². The van der Waals surface area contributed by atoms with Crippen LogP contribution in [0.5, 0.6) is 5.75 Å². The quantitative estimate of drug-likeness (QED) is 0.503. The summed E-state index contributed by atoms with van der Waals surface area (Å²) in [6, 6.07) is 3.34. The SMILES string of the molecule is COc1ccc(S(=O)(=O)NCC(=O)O)cc1SP(=O)(O)O. The van der Waals surface area contributed by atoms with Gasteiger partial charge >= 0.3 is 12.8 Å². The number of sulfonamides is 1. The van der Waals surface area contributed by atoms with Crippen LogP contribution in [0.4, 0.5) is 0 Å². The second-order valence-corrected chi connectivity index (χ2v) is 8.96. The van der Waals surface area contributed by atoms with Crippen molar-refractivity contribution in [2.24, 2.45) is 0 Å². The summed E-state index contributed by atoms with van der Waals surface area (Å²) in [5.41, 5.74) is 0. The maximum atomic E-state index is 11.8. The standard InChI is InChI=1S/C9H12NO8PS2/c1-18-7-3-2-6(4-8(7)20-19(13,14)15)21(16,17)10-5-9(11)12/h2-4,10H,5H2,1H3,(H,11,12)(H2,13,14,15). The lowest BCUT2D eigenvalue weighted by atomic mass is 10.3. The predicted molar refractivity (Wildman–Crippen MR) is 73.7 cm³/mol. The number of carboxylic acids is 1. The molecule has 0 aliphatic heterocycles. The molecule has 0 amide bonds. The molecule has 12 heteroatoms. The first kappa shape index (κ1) is 18.0. The highest BCUT2D eigenvalue weighted by molar-refractivity contribution is 8.54. The molecule has 21 heavy (non-hydrogen) atoms. The number of nitrogens with one attached hydrogen (secondary N) is 1. The fourth-order valence-corrected chi connectivity index (χ4v) is 4.21. The van der Waals surface area contributed by atoms with Crippen LogP contribution in [0.1, 0.15) is 0 Å². The first-order chi connectivity index (χ1) is 9.55. The zero-order valence-corrected chi connectivity index (χ0v) is 13.1. The molecule has 1 aromatic carbocycles. The van der Waals surface area contributed by atoms with E-state index in [0.29, 0.717) is 0 Å². The number of carbonyl (C=O) groups is 1. The van der Waals surface area contributed by atoms with Crippen molar-refractivity contribution in [2.75, 3.05) is 13.7 Å². The van der Waals surface area contributed by atoms with Crippen LogP contribution in [0, 0.1) is 0 Å². The van der Waals surface area contributed by atoms with Crippen LogP contribution >= 0.6 is 18.2 Å². The molecule has 0 saturated carbocycles. The van der Waals surface area contributed by atoms with Crippen LogP contribution in [0.3, 0.4) is 0 Å². The Morgan fingerprint density at radius 2 is 2.05 bits per heavy atom. The molecule has 0 heterocycles. The molecule has 0 bridgehead atoms. The first-order valence-electron chi connectivity index (χ1n) is 5.20. The number of aliphatic carboxylic acids is 1. The minimum atomic E-state index is -4.50. The number of methoxy groups -OCH3 is 1. The molecule has 1 rings (SSSR count). The molecule has 0 aliphatic carbocycles. The van der Waals surface area contributed by atoms with Crippen LogP contribution in [-0.2, 0) is 19.4 Å². The maximum Gasteiger partial charge on any atom is 0.388 e. The summed E-state index contributed by atoms with van der Waals surface area (Å²) in [5.74, 6) is -1.28. The Hall–Kier alpha value is -1.10. The van der Waals surface area contributed by atoms with Gasteiger partial charge < -0.3 is 19.6 Å². The fraction of sp³-hybridized carbons (Fsp3) is 0.222. The van der Waals surface area contributed by atoms with Gasteiger partial charge in [-0.15, -0.1) is 0 Å². The van der Waals surface area contributed by atoms with Gasteiger partial charge in [0.25, 0.3) is 0 Å². The van der Waals surface area contributed by atoms with Crippen LogP contribution in [0.2, 0.25) is 0 Å². The number of carboxylic acid groups (broad SMARTS) is 1. The van der Waals surface area contributed by atoms with Crippen molar-refractivity contribution in [3.63, 3.8) is 0 Å². The molecule has 9 nitrogen and oxygen atoms in total. The molecule has 1 aromatic rings. The third-order valence-corrected chi connectivity index (χ3v) is 5.53. The summed E-state index contributed by atoms with van der Waals surface area (Å²) in [6.07, 6.45) is 0. The monoisotopic (exact) mass is 357 g/mol. The van der Waals surface area contributed by atoms with E-state index in [1.165, 1.54) is 13.2 Å². The highest BCUT2D eigenvalue weighted by atomic mass is 32.7. The summed E-state index contributed by atoms with van der Waals surface area (Å²) in [6.45, 7) is -5.31. The van der Waals surface area contributed by atoms with Gasteiger partial charge in [-0.05, 0) is 29.6 Å². The Kier molecular flexibility index (Phi) is 5.79. The van der Waals surface area contributed by atoms with E-state index in [1.54, 1.807) is 0 Å². The van der Waals surface area contributed by atoms with Gasteiger partial charge in [0, 0.05) is 0 Å². The van der Waals surface area contributed by atoms with Crippen molar-refractivity contribution in [1.82, 2.24) is 4.72 Å². The lowest BCUT2D eigenvalue weighted by Crippen LogP contribution is -2.29. The molecular formula is C9H12NO8PS2. The van der Waals surface area contributed by atoms with Crippen LogP contribution in [-0.4, -0.2) is 42.9 Å². The van der Waals surface area contributed by atoms with E-state index < -0.39 is 29.3 Å². The number of benzene rings is 1. The summed E-state index contributed by atoms with van der Waals surface area (Å²) < 4.78 is 41.4. The van der Waals surface area contributed by atoms with Crippen molar-refractivity contribution in [3.05, 3.63) is 18.2 Å². The van der Waals surface area contributed by atoms with Crippen molar-refractivity contribution in [1.29, 1.82) is 0 Å². The molecule has 4 N–H and O–H groups in total. The highest BCUT2D eigenvalue weighted by Gasteiger charge is 2.22. The lowest BCUT2D eigenvalue weighted by molar-refractivity contribution is -0.135. The Morgan fingerprint density at radius 1 is 1.43 bits per heavy atom. The van der Waals surface area contributed by atoms with Crippen LogP contribution < -0.4 is 9.46 Å². The minimum absolute atomic E-state index is 0.0796. The first-order valence-corrected chi connectivity index (χ1v) is 9.71. The molecule has 0 aliphatic rings. The van der Waals surface area contributed by atoms with E-state index in [-0.39, 0.29) is 26.9 Å². The average Bonchev–Trinajstić information content (AvgIpc) is 2.34. The lowest BCUT2D eigenvalue weighted by Gasteiger charge is -2.11. The Morgan fingerprint density at radius 3 is 2.52 bits per heavy atom. The van der Waals surface area contributed by atoms with E-state index in [1.807, 2.05) is 4.72 Å². The molecular weight excluding hydrogens is 345 g/mol. The van der Waals surface area contributed by atoms with E-state index in [0.717, 1.165) is 12.1 Å². The molecule has 0 aromatic heterocycles. The van der Waals surface area contributed by atoms with E-state index >= 15 is 0 Å². The fourth-order valence-electron chi connectivity index (χ4n) is 1.26. The average molecular weight is 357 g/mol. The van der Waals surface area contributed by atoms with Gasteiger partial charge in [-0.3, -0.25) is 4.79 Å². The third-order valence-electron chi connectivity index (χ3n) is 2.08. The molecule has 0 unspecified atom stereocenters. The summed E-state index contributed by atoms with van der Waals surface area (Å²) >= 11 is 0.140. The van der Waals surface area contributed by atoms with Crippen LogP contribution in [0.25, 0.3) is 0 Å². The third kappa shape index (κ3) is 5.65. The smallest absolute Gasteiger partial charge is 0.388 e. The largest absolute Gasteiger partial charge is 0.496 e. The summed E-state index contributed by atoms with van der Waals surface area (Å²) in [4.78, 5) is 27.8. The number of hydrogen-bond acceptors (Lipinski definition) is 6. The minimum Gasteiger partial charge on any atom is -0.496 e. The Bertz CT molecular complexity index is 683. The normalized spacial score (nSPS) is 12.1. The topological polar surface area (TPSA) is 150 Å². The zero-order valence-electron chi connectivity index (χ0n) is 10.6. The van der Waals surface area contributed by atoms with Gasteiger partial charge in [0.05, 0.1) is 16.9 Å². The van der Waals surface area contributed by atoms with Crippen molar-refractivity contribution >= 4 is 34.2 Å².